The lowest BCUT2D eigenvalue weighted by atomic mass is 10.0. The number of ether oxygens (including phenoxy) is 2. The van der Waals surface area contributed by atoms with Crippen LogP contribution in [0.5, 0.6) is 0 Å². The molecule has 0 saturated carbocycles. The van der Waals surface area contributed by atoms with E-state index in [0.717, 1.165) is 103 Å². The van der Waals surface area contributed by atoms with Gasteiger partial charge in [-0.25, -0.2) is 0 Å². The van der Waals surface area contributed by atoms with Gasteiger partial charge in [0.2, 0.25) is 0 Å². The number of aryl methyl sites for hydroxylation is 2. The molecule has 30 heavy (non-hydrogen) atoms. The van der Waals surface area contributed by atoms with Gasteiger partial charge in [0.05, 0.1) is 0 Å². The van der Waals surface area contributed by atoms with Crippen molar-refractivity contribution < 1.29 is 9.47 Å². The minimum Gasteiger partial charge on any atom is -0.381 e. The van der Waals surface area contributed by atoms with Crippen LogP contribution in [0.2, 0.25) is 0 Å². The maximum absolute atomic E-state index is 5.84. The van der Waals surface area contributed by atoms with Gasteiger partial charge in [-0.2, -0.15) is 0 Å². The summed E-state index contributed by atoms with van der Waals surface area (Å²) in [6, 6.07) is 0. The molecule has 3 heterocycles. The van der Waals surface area contributed by atoms with Gasteiger partial charge in [0.25, 0.3) is 0 Å². The number of nitrogens with one attached hydrogen (secondary N) is 2. The predicted octanol–water partition coefficient (Wildman–Crippen LogP) is 2.33. The molecule has 0 bridgehead atoms. The topological polar surface area (TPSA) is 85.6 Å². The van der Waals surface area contributed by atoms with Crippen molar-refractivity contribution in [3.63, 3.8) is 0 Å². The molecule has 0 unspecified atom stereocenters. The van der Waals surface area contributed by atoms with E-state index < -0.39 is 0 Å². The molecule has 0 spiro atoms. The Labute approximate surface area is 181 Å². The van der Waals surface area contributed by atoms with Gasteiger partial charge >= 0.3 is 0 Å². The molecule has 1 saturated heterocycles. The van der Waals surface area contributed by atoms with Crippen molar-refractivity contribution in [3.8, 4) is 0 Å². The zero-order valence-electron chi connectivity index (χ0n) is 18.7. The van der Waals surface area contributed by atoms with Crippen LogP contribution in [0.15, 0.2) is 4.99 Å². The van der Waals surface area contributed by atoms with Crippen LogP contribution >= 0.6 is 0 Å². The van der Waals surface area contributed by atoms with Crippen LogP contribution in [0.4, 0.5) is 0 Å². The second-order valence-corrected chi connectivity index (χ2v) is 8.27. The number of aromatic nitrogens is 3. The van der Waals surface area contributed by atoms with Gasteiger partial charge in [0.15, 0.2) is 5.96 Å². The number of rotatable bonds is 11. The maximum atomic E-state index is 5.84. The van der Waals surface area contributed by atoms with E-state index in [1.165, 1.54) is 25.1 Å². The van der Waals surface area contributed by atoms with Crippen molar-refractivity contribution in [1.82, 2.24) is 25.4 Å². The highest BCUT2D eigenvalue weighted by atomic mass is 16.5. The molecule has 1 aromatic heterocycles. The molecule has 1 aromatic rings. The lowest BCUT2D eigenvalue weighted by Crippen LogP contribution is -2.38. The Hall–Kier alpha value is -1.67. The first-order valence-electron chi connectivity index (χ1n) is 12.0. The Morgan fingerprint density at radius 3 is 2.93 bits per heavy atom. The minimum atomic E-state index is 0.672. The quantitative estimate of drug-likeness (QED) is 0.325. The third kappa shape index (κ3) is 7.87. The SMILES string of the molecule is CCNC(=NCCCc1nnc2n1CCCCC2)NCCCOCC1CCOCC1. The summed E-state index contributed by atoms with van der Waals surface area (Å²) in [6.45, 7) is 9.13. The largest absolute Gasteiger partial charge is 0.381 e. The van der Waals surface area contributed by atoms with E-state index in [0.29, 0.717) is 5.92 Å². The zero-order chi connectivity index (χ0) is 20.9. The van der Waals surface area contributed by atoms with Crippen LogP contribution < -0.4 is 10.6 Å². The molecule has 1 fully saturated rings. The van der Waals surface area contributed by atoms with E-state index in [-0.39, 0.29) is 0 Å². The predicted molar refractivity (Wildman–Crippen MR) is 119 cm³/mol. The van der Waals surface area contributed by atoms with Gasteiger partial charge in [-0.15, -0.1) is 10.2 Å². The van der Waals surface area contributed by atoms with Crippen LogP contribution in [0, 0.1) is 5.92 Å². The number of guanidine groups is 1. The minimum absolute atomic E-state index is 0.672. The van der Waals surface area contributed by atoms with Crippen molar-refractivity contribution in [2.45, 2.75) is 71.3 Å². The number of fused-ring (bicyclic) bond motifs is 1. The summed E-state index contributed by atoms with van der Waals surface area (Å²) in [5, 5.41) is 15.6. The van der Waals surface area contributed by atoms with Gasteiger partial charge in [-0.1, -0.05) is 6.42 Å². The van der Waals surface area contributed by atoms with E-state index >= 15 is 0 Å². The third-order valence-electron chi connectivity index (χ3n) is 5.81. The smallest absolute Gasteiger partial charge is 0.191 e. The number of hydrogen-bond acceptors (Lipinski definition) is 5. The first kappa shape index (κ1) is 23.0. The highest BCUT2D eigenvalue weighted by molar-refractivity contribution is 5.79. The Kier molecular flexibility index (Phi) is 10.4. The molecule has 3 rings (SSSR count). The fourth-order valence-electron chi connectivity index (χ4n) is 4.04. The fourth-order valence-corrected chi connectivity index (χ4v) is 4.04. The molecule has 2 aliphatic heterocycles. The van der Waals surface area contributed by atoms with Gasteiger partial charge in [0, 0.05) is 65.4 Å². The summed E-state index contributed by atoms with van der Waals surface area (Å²) in [6.07, 6.45) is 10.0. The molecule has 0 aliphatic carbocycles. The van der Waals surface area contributed by atoms with Crippen LogP contribution in [0.1, 0.15) is 63.5 Å². The lowest BCUT2D eigenvalue weighted by Gasteiger charge is -2.21. The summed E-state index contributed by atoms with van der Waals surface area (Å²) in [5.41, 5.74) is 0. The van der Waals surface area contributed by atoms with Gasteiger partial charge < -0.3 is 24.7 Å². The molecular formula is C22H40N6O2. The summed E-state index contributed by atoms with van der Waals surface area (Å²) in [7, 11) is 0. The number of hydrogen-bond donors (Lipinski definition) is 2. The monoisotopic (exact) mass is 420 g/mol. The van der Waals surface area contributed by atoms with E-state index in [4.69, 9.17) is 14.5 Å². The zero-order valence-corrected chi connectivity index (χ0v) is 18.7. The fraction of sp³-hybridized carbons (Fsp3) is 0.864. The Balaban J connectivity index is 1.30. The summed E-state index contributed by atoms with van der Waals surface area (Å²) < 4.78 is 13.6. The van der Waals surface area contributed by atoms with Crippen molar-refractivity contribution in [2.24, 2.45) is 10.9 Å². The molecule has 8 heteroatoms. The Morgan fingerprint density at radius 1 is 1.17 bits per heavy atom. The first-order chi connectivity index (χ1) is 14.9. The molecule has 2 aliphatic rings. The van der Waals surface area contributed by atoms with E-state index in [1.807, 2.05) is 0 Å². The van der Waals surface area contributed by atoms with Crippen LogP contribution in [-0.2, 0) is 28.9 Å². The number of aliphatic imine (C=N–C) groups is 1. The van der Waals surface area contributed by atoms with Crippen LogP contribution in [0.3, 0.4) is 0 Å². The lowest BCUT2D eigenvalue weighted by molar-refractivity contribution is 0.0203. The molecule has 0 aromatic carbocycles. The molecule has 0 atom stereocenters. The first-order valence-corrected chi connectivity index (χ1v) is 12.0. The Bertz CT molecular complexity index is 627. The van der Waals surface area contributed by atoms with Crippen LogP contribution in [-0.4, -0.2) is 66.8 Å². The molecule has 2 N–H and O–H groups in total. The van der Waals surface area contributed by atoms with Gasteiger partial charge in [0.1, 0.15) is 11.6 Å². The van der Waals surface area contributed by atoms with Crippen molar-refractivity contribution >= 4 is 5.96 Å². The average Bonchev–Trinajstić information content (AvgIpc) is 3.00. The summed E-state index contributed by atoms with van der Waals surface area (Å²) >= 11 is 0. The standard InChI is InChI=1S/C22H40N6O2/c1-2-23-22(25-13-7-15-30-18-19-10-16-29-17-11-19)24-12-6-9-21-27-26-20-8-4-3-5-14-28(20)21/h19H,2-18H2,1H3,(H2,23,24,25). The average molecular weight is 421 g/mol. The van der Waals surface area contributed by atoms with Crippen molar-refractivity contribution in [2.75, 3.05) is 46.1 Å². The van der Waals surface area contributed by atoms with Gasteiger partial charge in [-0.05, 0) is 51.4 Å². The summed E-state index contributed by atoms with van der Waals surface area (Å²) in [5.74, 6) is 3.86. The molecule has 8 nitrogen and oxygen atoms in total. The molecule has 0 radical (unpaired) electrons. The molecular weight excluding hydrogens is 380 g/mol. The molecule has 170 valence electrons. The van der Waals surface area contributed by atoms with Crippen LogP contribution in [0.25, 0.3) is 0 Å². The van der Waals surface area contributed by atoms with E-state index in [2.05, 4.69) is 32.3 Å². The van der Waals surface area contributed by atoms with Gasteiger partial charge in [-0.3, -0.25) is 4.99 Å². The molecule has 0 amide bonds. The highest BCUT2D eigenvalue weighted by Gasteiger charge is 2.14. The Morgan fingerprint density at radius 2 is 2.07 bits per heavy atom. The van der Waals surface area contributed by atoms with Crippen molar-refractivity contribution in [3.05, 3.63) is 11.6 Å². The van der Waals surface area contributed by atoms with Crippen molar-refractivity contribution in [1.29, 1.82) is 0 Å². The third-order valence-corrected chi connectivity index (χ3v) is 5.81. The van der Waals surface area contributed by atoms with E-state index in [9.17, 15) is 0 Å². The maximum Gasteiger partial charge on any atom is 0.191 e. The highest BCUT2D eigenvalue weighted by Crippen LogP contribution is 2.15. The van der Waals surface area contributed by atoms with E-state index in [1.54, 1.807) is 0 Å². The second-order valence-electron chi connectivity index (χ2n) is 8.27. The second kappa shape index (κ2) is 13.6. The number of nitrogens with zero attached hydrogens (tertiary/aromatic N) is 4. The normalized spacial score (nSPS) is 18.1. The summed E-state index contributed by atoms with van der Waals surface area (Å²) in [4.78, 5) is 4.72.